The highest BCUT2D eigenvalue weighted by molar-refractivity contribution is 5.78. The van der Waals surface area contributed by atoms with Crippen LogP contribution in [0.3, 0.4) is 0 Å². The van der Waals surface area contributed by atoms with E-state index in [0.717, 1.165) is 57.7 Å². The Morgan fingerprint density at radius 3 is 2.62 bits per heavy atom. The van der Waals surface area contributed by atoms with Crippen molar-refractivity contribution in [2.24, 2.45) is 0 Å². The molecule has 132 valence electrons. The highest BCUT2D eigenvalue weighted by atomic mass is 16.3. The molecule has 5 heteroatoms. The van der Waals surface area contributed by atoms with Crippen LogP contribution in [0.15, 0.2) is 30.3 Å². The summed E-state index contributed by atoms with van der Waals surface area (Å²) in [7, 11) is 0. The van der Waals surface area contributed by atoms with E-state index in [9.17, 15) is 9.90 Å². The van der Waals surface area contributed by atoms with Gasteiger partial charge in [0.05, 0.1) is 6.10 Å². The maximum Gasteiger partial charge on any atom is 0.222 e. The van der Waals surface area contributed by atoms with Gasteiger partial charge in [0.25, 0.3) is 0 Å². The number of rotatable bonds is 6. The van der Waals surface area contributed by atoms with Crippen LogP contribution in [-0.4, -0.2) is 77.6 Å². The van der Waals surface area contributed by atoms with Crippen LogP contribution < -0.4 is 0 Å². The van der Waals surface area contributed by atoms with E-state index in [1.54, 1.807) is 0 Å². The number of amides is 1. The summed E-state index contributed by atoms with van der Waals surface area (Å²) in [6.45, 7) is 8.64. The Morgan fingerprint density at radius 1 is 1.17 bits per heavy atom. The third-order valence-corrected chi connectivity index (χ3v) is 5.30. The molecule has 0 unspecified atom stereocenters. The summed E-state index contributed by atoms with van der Waals surface area (Å²) >= 11 is 0. The molecular formula is C19H29N3O2. The van der Waals surface area contributed by atoms with Gasteiger partial charge in [-0.1, -0.05) is 30.3 Å². The summed E-state index contributed by atoms with van der Waals surface area (Å²) < 4.78 is 0. The molecule has 3 rings (SSSR count). The highest BCUT2D eigenvalue weighted by Crippen LogP contribution is 2.18. The molecule has 1 aromatic rings. The first-order chi connectivity index (χ1) is 11.6. The lowest BCUT2D eigenvalue weighted by Gasteiger charge is -2.41. The number of β-amino-alcohol motifs (C(OH)–C–C–N with tert-alkyl or cyclic N) is 1. The quantitative estimate of drug-likeness (QED) is 0.855. The predicted octanol–water partition coefficient (Wildman–Crippen LogP) is 1.35. The smallest absolute Gasteiger partial charge is 0.222 e. The molecule has 1 amide bonds. The van der Waals surface area contributed by atoms with Gasteiger partial charge in [0.2, 0.25) is 5.91 Å². The van der Waals surface area contributed by atoms with Crippen molar-refractivity contribution in [1.82, 2.24) is 14.7 Å². The molecule has 0 aliphatic carbocycles. The molecular weight excluding hydrogens is 302 g/mol. The number of carbonyl (C=O) groups is 1. The van der Waals surface area contributed by atoms with Crippen LogP contribution in [0.1, 0.15) is 31.4 Å². The fraction of sp³-hybridized carbons (Fsp3) is 0.632. The van der Waals surface area contributed by atoms with Gasteiger partial charge in [0.15, 0.2) is 0 Å². The van der Waals surface area contributed by atoms with Gasteiger partial charge in [0, 0.05) is 58.3 Å². The van der Waals surface area contributed by atoms with E-state index in [0.29, 0.717) is 18.5 Å². The zero-order valence-corrected chi connectivity index (χ0v) is 14.6. The van der Waals surface area contributed by atoms with E-state index in [1.807, 2.05) is 35.2 Å². The van der Waals surface area contributed by atoms with E-state index in [1.165, 1.54) is 0 Å². The van der Waals surface area contributed by atoms with Crippen LogP contribution in [0.2, 0.25) is 0 Å². The fourth-order valence-electron chi connectivity index (χ4n) is 3.75. The minimum Gasteiger partial charge on any atom is -0.387 e. The Balaban J connectivity index is 1.44. The molecule has 2 aliphatic heterocycles. The maximum atomic E-state index is 11.7. The van der Waals surface area contributed by atoms with E-state index in [-0.39, 0.29) is 0 Å². The average molecular weight is 331 g/mol. The van der Waals surface area contributed by atoms with Gasteiger partial charge in [-0.25, -0.2) is 0 Å². The van der Waals surface area contributed by atoms with Crippen molar-refractivity contribution in [3.63, 3.8) is 0 Å². The topological polar surface area (TPSA) is 47.0 Å². The molecule has 0 spiro atoms. The highest BCUT2D eigenvalue weighted by Gasteiger charge is 2.27. The number of hydrogen-bond acceptors (Lipinski definition) is 4. The van der Waals surface area contributed by atoms with Gasteiger partial charge in [-0.2, -0.15) is 0 Å². The van der Waals surface area contributed by atoms with Gasteiger partial charge >= 0.3 is 0 Å². The van der Waals surface area contributed by atoms with E-state index in [4.69, 9.17) is 0 Å². The third kappa shape index (κ3) is 4.35. The maximum absolute atomic E-state index is 11.7. The minimum atomic E-state index is -0.428. The fourth-order valence-corrected chi connectivity index (χ4v) is 3.75. The number of aliphatic hydroxyl groups excluding tert-OH is 1. The monoisotopic (exact) mass is 331 g/mol. The van der Waals surface area contributed by atoms with Gasteiger partial charge in [-0.15, -0.1) is 0 Å². The average Bonchev–Trinajstić information content (AvgIpc) is 3.01. The molecule has 1 N–H and O–H groups in total. The largest absolute Gasteiger partial charge is 0.387 e. The van der Waals surface area contributed by atoms with Crippen molar-refractivity contribution in [2.75, 3.05) is 45.8 Å². The zero-order valence-electron chi connectivity index (χ0n) is 14.6. The molecule has 1 aromatic carbocycles. The number of hydrogen-bond donors (Lipinski definition) is 1. The molecule has 2 atom stereocenters. The molecule has 5 nitrogen and oxygen atoms in total. The first-order valence-electron chi connectivity index (χ1n) is 9.10. The van der Waals surface area contributed by atoms with Crippen LogP contribution in [0.25, 0.3) is 0 Å². The van der Waals surface area contributed by atoms with Crippen LogP contribution in [0, 0.1) is 0 Å². The van der Waals surface area contributed by atoms with Crippen LogP contribution in [0.4, 0.5) is 0 Å². The minimum absolute atomic E-state index is 0.313. The van der Waals surface area contributed by atoms with Crippen molar-refractivity contribution < 1.29 is 9.90 Å². The number of carbonyl (C=O) groups excluding carboxylic acids is 1. The second kappa shape index (κ2) is 8.10. The first-order valence-corrected chi connectivity index (χ1v) is 9.10. The Kier molecular flexibility index (Phi) is 5.87. The van der Waals surface area contributed by atoms with Gasteiger partial charge < -0.3 is 10.0 Å². The lowest BCUT2D eigenvalue weighted by atomic mass is 10.1. The van der Waals surface area contributed by atoms with Crippen LogP contribution in [-0.2, 0) is 4.79 Å². The molecule has 0 radical (unpaired) electrons. The molecule has 2 saturated heterocycles. The molecule has 2 heterocycles. The van der Waals surface area contributed by atoms with E-state index >= 15 is 0 Å². The summed E-state index contributed by atoms with van der Waals surface area (Å²) in [5.41, 5.74) is 0.986. The molecule has 24 heavy (non-hydrogen) atoms. The third-order valence-electron chi connectivity index (χ3n) is 5.30. The Bertz CT molecular complexity index is 537. The second-order valence-electron chi connectivity index (χ2n) is 7.06. The summed E-state index contributed by atoms with van der Waals surface area (Å²) in [5, 5.41) is 10.4. The van der Waals surface area contributed by atoms with Gasteiger partial charge in [-0.3, -0.25) is 14.6 Å². The molecule has 0 aromatic heterocycles. The van der Waals surface area contributed by atoms with E-state index < -0.39 is 6.10 Å². The molecule has 2 aliphatic rings. The Morgan fingerprint density at radius 2 is 1.96 bits per heavy atom. The summed E-state index contributed by atoms with van der Waals surface area (Å²) in [6.07, 6.45) is 1.31. The number of benzene rings is 1. The number of likely N-dealkylation sites (tertiary alicyclic amines) is 1. The van der Waals surface area contributed by atoms with Crippen molar-refractivity contribution in [3.05, 3.63) is 35.9 Å². The number of nitrogens with zero attached hydrogens (tertiary/aromatic N) is 3. The first kappa shape index (κ1) is 17.4. The summed E-state index contributed by atoms with van der Waals surface area (Å²) in [6, 6.07) is 10.3. The SMILES string of the molecule is C[C@@H]1CN(CCN2CCCC2=O)CCN1C[C@H](O)c1ccccc1. The predicted molar refractivity (Wildman–Crippen MR) is 94.7 cm³/mol. The van der Waals surface area contributed by atoms with Gasteiger partial charge in [-0.05, 0) is 18.9 Å². The lowest BCUT2D eigenvalue weighted by Crippen LogP contribution is -2.54. The van der Waals surface area contributed by atoms with E-state index in [2.05, 4.69) is 16.7 Å². The number of aliphatic hydroxyl groups is 1. The Labute approximate surface area is 144 Å². The van der Waals surface area contributed by atoms with Crippen molar-refractivity contribution >= 4 is 5.91 Å². The van der Waals surface area contributed by atoms with Crippen LogP contribution in [0.5, 0.6) is 0 Å². The van der Waals surface area contributed by atoms with Crippen molar-refractivity contribution in [3.8, 4) is 0 Å². The molecule has 0 bridgehead atoms. The number of piperazine rings is 1. The zero-order chi connectivity index (χ0) is 16.9. The summed E-state index contributed by atoms with van der Waals surface area (Å²) in [4.78, 5) is 18.5. The molecule has 2 fully saturated rings. The molecule has 0 saturated carbocycles. The van der Waals surface area contributed by atoms with Crippen molar-refractivity contribution in [2.45, 2.75) is 31.9 Å². The summed E-state index contributed by atoms with van der Waals surface area (Å²) in [5.74, 6) is 0.313. The van der Waals surface area contributed by atoms with Crippen LogP contribution >= 0.6 is 0 Å². The van der Waals surface area contributed by atoms with Crippen molar-refractivity contribution in [1.29, 1.82) is 0 Å². The lowest BCUT2D eigenvalue weighted by molar-refractivity contribution is -0.127. The second-order valence-corrected chi connectivity index (χ2v) is 7.06. The Hall–Kier alpha value is -1.43. The standard InChI is InChI=1S/C19H29N3O2/c1-16-14-20(10-12-21-9-5-8-19(21)24)11-13-22(16)15-18(23)17-6-3-2-4-7-17/h2-4,6-7,16,18,23H,5,8-15H2,1H3/t16-,18+/m1/s1. The van der Waals surface area contributed by atoms with Gasteiger partial charge in [0.1, 0.15) is 0 Å². The normalized spacial score (nSPS) is 24.5.